The van der Waals surface area contributed by atoms with E-state index in [0.717, 1.165) is 22.9 Å². The van der Waals surface area contributed by atoms with Crippen LogP contribution >= 0.6 is 27.5 Å². The Balaban J connectivity index is 2.03. The van der Waals surface area contributed by atoms with E-state index in [4.69, 9.17) is 11.6 Å². The molecule has 104 valence electrons. The molecule has 1 amide bonds. The Kier molecular flexibility index (Phi) is 4.91. The molecule has 0 heterocycles. The third-order valence-electron chi connectivity index (χ3n) is 3.94. The molecule has 2 nitrogen and oxygen atoms in total. The quantitative estimate of drug-likeness (QED) is 0.811. The van der Waals surface area contributed by atoms with Crippen LogP contribution in [0, 0.1) is 12.3 Å². The number of amides is 1. The van der Waals surface area contributed by atoms with E-state index in [1.807, 2.05) is 25.1 Å². The summed E-state index contributed by atoms with van der Waals surface area (Å²) < 4.78 is 0.835. The van der Waals surface area contributed by atoms with Crippen LogP contribution in [0.5, 0.6) is 0 Å². The standard InChI is InChI=1S/C15H19BrClNO/c1-11-4-5-13(16)12(8-11)14(19)18-10-15(9-17)6-2-3-7-15/h4-5,8H,2-3,6-7,9-10H2,1H3,(H,18,19). The van der Waals surface area contributed by atoms with Crippen LogP contribution < -0.4 is 5.32 Å². The predicted octanol–water partition coefficient (Wildman–Crippen LogP) is 4.29. The van der Waals surface area contributed by atoms with Gasteiger partial charge in [0.2, 0.25) is 0 Å². The fraction of sp³-hybridized carbons (Fsp3) is 0.533. The molecule has 1 aliphatic rings. The topological polar surface area (TPSA) is 29.1 Å². The molecule has 0 aromatic heterocycles. The van der Waals surface area contributed by atoms with Crippen molar-refractivity contribution >= 4 is 33.4 Å². The fourth-order valence-electron chi connectivity index (χ4n) is 2.66. The first-order chi connectivity index (χ1) is 9.06. The largest absolute Gasteiger partial charge is 0.351 e. The van der Waals surface area contributed by atoms with Crippen LogP contribution in [0.15, 0.2) is 22.7 Å². The summed E-state index contributed by atoms with van der Waals surface area (Å²) in [6, 6.07) is 5.80. The van der Waals surface area contributed by atoms with Crippen molar-refractivity contribution in [2.75, 3.05) is 12.4 Å². The number of aryl methyl sites for hydroxylation is 1. The molecule has 19 heavy (non-hydrogen) atoms. The Hall–Kier alpha value is -0.540. The monoisotopic (exact) mass is 343 g/mol. The highest BCUT2D eigenvalue weighted by molar-refractivity contribution is 9.10. The van der Waals surface area contributed by atoms with Crippen molar-refractivity contribution in [2.24, 2.45) is 5.41 Å². The number of carbonyl (C=O) groups is 1. The summed E-state index contributed by atoms with van der Waals surface area (Å²) in [5.41, 5.74) is 1.89. The summed E-state index contributed by atoms with van der Waals surface area (Å²) in [5, 5.41) is 3.05. The number of carbonyl (C=O) groups excluding carboxylic acids is 1. The van der Waals surface area contributed by atoms with Crippen molar-refractivity contribution in [1.82, 2.24) is 5.32 Å². The average Bonchev–Trinajstić information content (AvgIpc) is 2.88. The summed E-state index contributed by atoms with van der Waals surface area (Å²) >= 11 is 9.52. The highest BCUT2D eigenvalue weighted by atomic mass is 79.9. The minimum absolute atomic E-state index is 0.0213. The molecule has 0 bridgehead atoms. The summed E-state index contributed by atoms with van der Waals surface area (Å²) in [6.07, 6.45) is 4.67. The zero-order chi connectivity index (χ0) is 13.9. The van der Waals surface area contributed by atoms with E-state index in [2.05, 4.69) is 21.2 Å². The van der Waals surface area contributed by atoms with E-state index in [0.29, 0.717) is 18.0 Å². The highest BCUT2D eigenvalue weighted by Gasteiger charge is 2.33. The number of nitrogens with one attached hydrogen (secondary N) is 1. The zero-order valence-corrected chi connectivity index (χ0v) is 13.5. The van der Waals surface area contributed by atoms with Gasteiger partial charge in [0.05, 0.1) is 5.56 Å². The van der Waals surface area contributed by atoms with Crippen molar-refractivity contribution in [1.29, 1.82) is 0 Å². The number of alkyl halides is 1. The van der Waals surface area contributed by atoms with Gasteiger partial charge in [-0.25, -0.2) is 0 Å². The van der Waals surface area contributed by atoms with Crippen molar-refractivity contribution < 1.29 is 4.79 Å². The van der Waals surface area contributed by atoms with Gasteiger partial charge in [0, 0.05) is 22.3 Å². The van der Waals surface area contributed by atoms with Crippen LogP contribution in [0.25, 0.3) is 0 Å². The van der Waals surface area contributed by atoms with E-state index >= 15 is 0 Å². The van der Waals surface area contributed by atoms with E-state index in [-0.39, 0.29) is 11.3 Å². The van der Waals surface area contributed by atoms with E-state index < -0.39 is 0 Å². The molecular formula is C15H19BrClNO. The smallest absolute Gasteiger partial charge is 0.252 e. The Labute approximate surface area is 128 Å². The molecule has 1 aliphatic carbocycles. The third kappa shape index (κ3) is 3.51. The molecular weight excluding hydrogens is 326 g/mol. The maximum atomic E-state index is 12.2. The Morgan fingerprint density at radius 1 is 1.42 bits per heavy atom. The van der Waals surface area contributed by atoms with E-state index in [1.165, 1.54) is 12.8 Å². The summed E-state index contributed by atoms with van der Waals surface area (Å²) in [7, 11) is 0. The number of hydrogen-bond acceptors (Lipinski definition) is 1. The normalized spacial score (nSPS) is 17.4. The molecule has 1 aromatic rings. The average molecular weight is 345 g/mol. The number of benzene rings is 1. The molecule has 2 rings (SSSR count). The van der Waals surface area contributed by atoms with Gasteiger partial charge < -0.3 is 5.32 Å². The molecule has 0 aliphatic heterocycles. The van der Waals surface area contributed by atoms with Crippen LogP contribution in [0.2, 0.25) is 0 Å². The zero-order valence-electron chi connectivity index (χ0n) is 11.1. The fourth-order valence-corrected chi connectivity index (χ4v) is 3.45. The van der Waals surface area contributed by atoms with Crippen LogP contribution in [0.4, 0.5) is 0 Å². The molecule has 1 N–H and O–H groups in total. The van der Waals surface area contributed by atoms with Gasteiger partial charge in [-0.05, 0) is 47.8 Å². The number of hydrogen-bond donors (Lipinski definition) is 1. The van der Waals surface area contributed by atoms with Crippen molar-refractivity contribution in [3.05, 3.63) is 33.8 Å². The van der Waals surface area contributed by atoms with Gasteiger partial charge in [-0.15, -0.1) is 11.6 Å². The lowest BCUT2D eigenvalue weighted by atomic mass is 9.88. The first kappa shape index (κ1) is 14.9. The lowest BCUT2D eigenvalue weighted by molar-refractivity contribution is 0.0934. The summed E-state index contributed by atoms with van der Waals surface area (Å²) in [5.74, 6) is 0.606. The SMILES string of the molecule is Cc1ccc(Br)c(C(=O)NCC2(CCl)CCCC2)c1. The first-order valence-electron chi connectivity index (χ1n) is 6.67. The van der Waals surface area contributed by atoms with Gasteiger partial charge in [0.25, 0.3) is 5.91 Å². The molecule has 1 saturated carbocycles. The summed E-state index contributed by atoms with van der Waals surface area (Å²) in [4.78, 5) is 12.2. The second-order valence-electron chi connectivity index (χ2n) is 5.51. The molecule has 1 aromatic carbocycles. The van der Waals surface area contributed by atoms with Crippen molar-refractivity contribution in [2.45, 2.75) is 32.6 Å². The number of rotatable bonds is 4. The number of halogens is 2. The maximum absolute atomic E-state index is 12.2. The Morgan fingerprint density at radius 2 is 2.11 bits per heavy atom. The Morgan fingerprint density at radius 3 is 2.74 bits per heavy atom. The lowest BCUT2D eigenvalue weighted by Crippen LogP contribution is -2.37. The summed E-state index contributed by atoms with van der Waals surface area (Å²) in [6.45, 7) is 2.66. The van der Waals surface area contributed by atoms with Gasteiger partial charge in [0.1, 0.15) is 0 Å². The maximum Gasteiger partial charge on any atom is 0.252 e. The molecule has 0 radical (unpaired) electrons. The van der Waals surface area contributed by atoms with Gasteiger partial charge in [-0.3, -0.25) is 4.79 Å². The van der Waals surface area contributed by atoms with Gasteiger partial charge in [0.15, 0.2) is 0 Å². The molecule has 1 fully saturated rings. The van der Waals surface area contributed by atoms with Crippen LogP contribution in [-0.4, -0.2) is 18.3 Å². The van der Waals surface area contributed by atoms with E-state index in [1.54, 1.807) is 0 Å². The van der Waals surface area contributed by atoms with E-state index in [9.17, 15) is 4.79 Å². The van der Waals surface area contributed by atoms with Gasteiger partial charge in [-0.2, -0.15) is 0 Å². The van der Waals surface area contributed by atoms with Crippen LogP contribution in [0.3, 0.4) is 0 Å². The first-order valence-corrected chi connectivity index (χ1v) is 7.99. The minimum atomic E-state index is -0.0213. The van der Waals surface area contributed by atoms with Crippen molar-refractivity contribution in [3.8, 4) is 0 Å². The van der Waals surface area contributed by atoms with Gasteiger partial charge in [-0.1, -0.05) is 24.5 Å². The minimum Gasteiger partial charge on any atom is -0.351 e. The molecule has 0 unspecified atom stereocenters. The van der Waals surface area contributed by atoms with Crippen LogP contribution in [0.1, 0.15) is 41.6 Å². The molecule has 4 heteroatoms. The van der Waals surface area contributed by atoms with Crippen LogP contribution in [-0.2, 0) is 0 Å². The Bertz CT molecular complexity index is 469. The molecule has 0 atom stereocenters. The molecule has 0 saturated heterocycles. The lowest BCUT2D eigenvalue weighted by Gasteiger charge is -2.26. The third-order valence-corrected chi connectivity index (χ3v) is 5.20. The van der Waals surface area contributed by atoms with Crippen molar-refractivity contribution in [3.63, 3.8) is 0 Å². The predicted molar refractivity (Wildman–Crippen MR) is 82.8 cm³/mol. The second-order valence-corrected chi connectivity index (χ2v) is 6.63. The molecule has 0 spiro atoms. The highest BCUT2D eigenvalue weighted by Crippen LogP contribution is 2.38. The second kappa shape index (κ2) is 6.27. The van der Waals surface area contributed by atoms with Gasteiger partial charge >= 0.3 is 0 Å².